The van der Waals surface area contributed by atoms with Crippen LogP contribution in [0.2, 0.25) is 0 Å². The molecule has 1 atom stereocenters. The van der Waals surface area contributed by atoms with Gasteiger partial charge < -0.3 is 0 Å². The van der Waals surface area contributed by atoms with E-state index in [1.165, 1.54) is 0 Å². The van der Waals surface area contributed by atoms with Crippen molar-refractivity contribution in [3.05, 3.63) is 0 Å². The molecule has 0 aromatic rings. The highest BCUT2D eigenvalue weighted by atomic mass is 19.3. The van der Waals surface area contributed by atoms with Gasteiger partial charge in [-0.1, -0.05) is 0 Å². The highest BCUT2D eigenvalue weighted by molar-refractivity contribution is 5.71. The Morgan fingerprint density at radius 1 is 1.71 bits per heavy atom. The maximum absolute atomic E-state index is 10.9. The van der Waals surface area contributed by atoms with E-state index in [1.54, 1.807) is 0 Å². The van der Waals surface area contributed by atoms with Gasteiger partial charge in [-0.15, -0.1) is 4.94 Å². The van der Waals surface area contributed by atoms with Crippen molar-refractivity contribution in [2.24, 2.45) is 0 Å². The van der Waals surface area contributed by atoms with E-state index in [2.05, 4.69) is 4.94 Å². The van der Waals surface area contributed by atoms with Crippen LogP contribution in [0.5, 0.6) is 0 Å². The van der Waals surface area contributed by atoms with E-state index in [0.717, 1.165) is 0 Å². The van der Waals surface area contributed by atoms with Crippen LogP contribution >= 0.6 is 0 Å². The molecule has 0 N–H and O–H groups in total. The molecule has 0 aliphatic heterocycles. The zero-order valence-corrected chi connectivity index (χ0v) is 3.03. The molecule has 7 heavy (non-hydrogen) atoms. The average molecular weight is 114 g/mol. The highest BCUT2D eigenvalue weighted by Crippen LogP contribution is 1.95. The average Bonchev–Trinajstić information content (AvgIpc) is 1.65. The van der Waals surface area contributed by atoms with Crippen LogP contribution in [0, 0.1) is 0 Å². The first-order valence-corrected chi connectivity index (χ1v) is 1.29. The van der Waals surface area contributed by atoms with Crippen molar-refractivity contribution in [3.63, 3.8) is 0 Å². The molecule has 0 aliphatic rings. The lowest BCUT2D eigenvalue weighted by atomic mass is 10.7. The maximum Gasteiger partial charge on any atom is 0.365 e. The summed E-state index contributed by atoms with van der Waals surface area (Å²) in [4.78, 5) is 11.1. The Labute approximate surface area is 36.8 Å². The number of carbonyl (C=O) groups excluding carboxylic acids is 1. The van der Waals surface area contributed by atoms with Crippen LogP contribution < -0.4 is 0 Å². The molecule has 0 rings (SSSR count). The van der Waals surface area contributed by atoms with Crippen molar-refractivity contribution in [1.29, 1.82) is 0 Å². The molecule has 2 nitrogen and oxygen atoms in total. The molecule has 0 saturated heterocycles. The molecular formula is C2HF3O2. The number of hydrogen-bond donors (Lipinski definition) is 0. The van der Waals surface area contributed by atoms with Crippen LogP contribution in [0.1, 0.15) is 0 Å². The van der Waals surface area contributed by atoms with Gasteiger partial charge in [0.15, 0.2) is 0 Å². The summed E-state index contributed by atoms with van der Waals surface area (Å²) in [6.45, 7) is 0. The third kappa shape index (κ3) is 2.16. The minimum atomic E-state index is -3.07. The third-order valence-corrected chi connectivity index (χ3v) is 0.257. The molecule has 0 amide bonds. The predicted octanol–water partition coefficient (Wildman–Crippen LogP) is 0.679. The number of rotatable bonds is 2. The topological polar surface area (TPSA) is 26.3 Å². The molecule has 0 saturated carbocycles. The van der Waals surface area contributed by atoms with Gasteiger partial charge in [0.2, 0.25) is 0 Å². The highest BCUT2D eigenvalue weighted by Gasteiger charge is 2.16. The smallest absolute Gasteiger partial charge is 0.255 e. The Morgan fingerprint density at radius 3 is 2.14 bits per heavy atom. The molecule has 0 spiro atoms. The standard InChI is InChI=1S/C2HF3O2/c3-1(6)2(4)7-5/h2H. The lowest BCUT2D eigenvalue weighted by Crippen LogP contribution is -2.09. The van der Waals surface area contributed by atoms with Crippen molar-refractivity contribution in [3.8, 4) is 0 Å². The fraction of sp³-hybridized carbons (Fsp3) is 0.500. The molecule has 0 fully saturated rings. The van der Waals surface area contributed by atoms with Gasteiger partial charge in [0, 0.05) is 0 Å². The monoisotopic (exact) mass is 114 g/mol. The van der Waals surface area contributed by atoms with E-state index in [-0.39, 0.29) is 0 Å². The molecule has 0 aliphatic carbocycles. The van der Waals surface area contributed by atoms with Gasteiger partial charge >= 0.3 is 12.4 Å². The third-order valence-electron chi connectivity index (χ3n) is 0.257. The van der Waals surface area contributed by atoms with E-state index in [0.29, 0.717) is 0 Å². The van der Waals surface area contributed by atoms with Crippen LogP contribution in [0.25, 0.3) is 0 Å². The second-order valence-electron chi connectivity index (χ2n) is 0.709. The fourth-order valence-corrected chi connectivity index (χ4v) is 0.0350. The molecule has 42 valence electrons. The first kappa shape index (κ1) is 6.42. The van der Waals surface area contributed by atoms with Crippen LogP contribution in [0.15, 0.2) is 0 Å². The molecule has 0 aromatic carbocycles. The SMILES string of the molecule is O=C(F)C(F)OF. The summed E-state index contributed by atoms with van der Waals surface area (Å²) >= 11 is 0. The van der Waals surface area contributed by atoms with Gasteiger partial charge in [-0.05, 0) is 4.53 Å². The normalized spacial score (nSPS) is 13.6. The van der Waals surface area contributed by atoms with Gasteiger partial charge in [0.1, 0.15) is 0 Å². The van der Waals surface area contributed by atoms with Crippen molar-refractivity contribution >= 4 is 6.04 Å². The van der Waals surface area contributed by atoms with Gasteiger partial charge in [0.05, 0.1) is 0 Å². The largest absolute Gasteiger partial charge is 0.365 e. The summed E-state index contributed by atoms with van der Waals surface area (Å²) in [5.74, 6) is 0. The zero-order valence-electron chi connectivity index (χ0n) is 3.03. The first-order valence-electron chi connectivity index (χ1n) is 1.29. The summed E-state index contributed by atoms with van der Waals surface area (Å²) < 4.78 is 32.0. The Hall–Kier alpha value is -0.580. The van der Waals surface area contributed by atoms with Crippen molar-refractivity contribution in [2.75, 3.05) is 0 Å². The summed E-state index contributed by atoms with van der Waals surface area (Å²) in [6.07, 6.45) is -3.07. The van der Waals surface area contributed by atoms with E-state index in [1.807, 2.05) is 0 Å². The van der Waals surface area contributed by atoms with Gasteiger partial charge in [0.25, 0.3) is 0 Å². The molecule has 0 heterocycles. The van der Waals surface area contributed by atoms with E-state index in [4.69, 9.17) is 4.79 Å². The Morgan fingerprint density at radius 2 is 2.14 bits per heavy atom. The van der Waals surface area contributed by atoms with Gasteiger partial charge in [-0.2, -0.15) is 4.39 Å². The van der Waals surface area contributed by atoms with E-state index in [9.17, 15) is 13.3 Å². The number of hydrogen-bond acceptors (Lipinski definition) is 2. The Balaban J connectivity index is 3.34. The zero-order chi connectivity index (χ0) is 5.86. The number of carbonyl (C=O) groups is 1. The molecule has 5 heteroatoms. The Kier molecular flexibility index (Phi) is 2.36. The van der Waals surface area contributed by atoms with Gasteiger partial charge in [-0.25, -0.2) is 4.39 Å². The lowest BCUT2D eigenvalue weighted by molar-refractivity contribution is -0.227. The van der Waals surface area contributed by atoms with Crippen molar-refractivity contribution in [2.45, 2.75) is 6.36 Å². The minimum absolute atomic E-state index is 2.12. The quantitative estimate of drug-likeness (QED) is 0.493. The van der Waals surface area contributed by atoms with E-state index >= 15 is 0 Å². The number of alkyl halides is 1. The summed E-state index contributed by atoms with van der Waals surface area (Å²) in [6, 6.07) is -2.47. The Bertz CT molecular complexity index is 73.3. The van der Waals surface area contributed by atoms with Crippen LogP contribution in [0.4, 0.5) is 13.3 Å². The second kappa shape index (κ2) is 2.57. The molecular weight excluding hydrogens is 113 g/mol. The van der Waals surface area contributed by atoms with Crippen LogP contribution in [0.3, 0.4) is 0 Å². The fourth-order valence-electron chi connectivity index (χ4n) is 0.0350. The first-order chi connectivity index (χ1) is 3.18. The van der Waals surface area contributed by atoms with Crippen molar-refractivity contribution in [1.82, 2.24) is 0 Å². The summed E-state index contributed by atoms with van der Waals surface area (Å²) in [7, 11) is 0. The maximum atomic E-state index is 10.9. The predicted molar refractivity (Wildman–Crippen MR) is 13.2 cm³/mol. The van der Waals surface area contributed by atoms with Crippen LogP contribution in [-0.4, -0.2) is 12.4 Å². The second-order valence-corrected chi connectivity index (χ2v) is 0.709. The molecule has 1 unspecified atom stereocenters. The van der Waals surface area contributed by atoms with E-state index < -0.39 is 12.4 Å². The number of halogens is 3. The summed E-state index contributed by atoms with van der Waals surface area (Å²) in [5.41, 5.74) is 0. The molecule has 0 aromatic heterocycles. The summed E-state index contributed by atoms with van der Waals surface area (Å²) in [5, 5.41) is 0. The minimum Gasteiger partial charge on any atom is -0.255 e. The molecule has 0 bridgehead atoms. The van der Waals surface area contributed by atoms with Gasteiger partial charge in [-0.3, -0.25) is 4.79 Å². The molecule has 0 radical (unpaired) electrons. The van der Waals surface area contributed by atoms with Crippen molar-refractivity contribution < 1.29 is 23.0 Å². The van der Waals surface area contributed by atoms with Crippen LogP contribution in [-0.2, 0) is 9.74 Å². The lowest BCUT2D eigenvalue weighted by Gasteiger charge is -1.87.